The number of amides is 1. The fourth-order valence-electron chi connectivity index (χ4n) is 2.05. The zero-order valence-electron chi connectivity index (χ0n) is 12.1. The number of nitrogens with one attached hydrogen (secondary N) is 1. The number of rotatable bonds is 5. The molecule has 0 fully saturated rings. The summed E-state index contributed by atoms with van der Waals surface area (Å²) in [6, 6.07) is 15.6. The van der Waals surface area contributed by atoms with Crippen LogP contribution in [0.3, 0.4) is 0 Å². The van der Waals surface area contributed by atoms with Crippen molar-refractivity contribution in [2.24, 2.45) is 0 Å². The van der Waals surface area contributed by atoms with Crippen LogP contribution in [0.25, 0.3) is 0 Å². The van der Waals surface area contributed by atoms with E-state index in [0.717, 1.165) is 4.90 Å². The first-order chi connectivity index (χ1) is 10.1. The minimum Gasteiger partial charge on any atom is -0.351 e. The topological polar surface area (TPSA) is 29.1 Å². The van der Waals surface area contributed by atoms with Gasteiger partial charge in [-0.2, -0.15) is 0 Å². The molecular weight excluding hydrogens is 302 g/mol. The lowest BCUT2D eigenvalue weighted by Gasteiger charge is -2.14. The van der Waals surface area contributed by atoms with Crippen LogP contribution in [0.2, 0.25) is 5.02 Å². The van der Waals surface area contributed by atoms with E-state index in [2.05, 4.69) is 24.4 Å². The Hall–Kier alpha value is -1.45. The Morgan fingerprint density at radius 3 is 2.62 bits per heavy atom. The van der Waals surface area contributed by atoms with Crippen LogP contribution in [-0.2, 0) is 0 Å². The van der Waals surface area contributed by atoms with Crippen molar-refractivity contribution in [1.82, 2.24) is 5.32 Å². The number of carbonyl (C=O) groups is 1. The molecule has 0 spiro atoms. The molecule has 4 heteroatoms. The van der Waals surface area contributed by atoms with E-state index in [1.165, 1.54) is 5.56 Å². The Balaban J connectivity index is 2.02. The molecule has 2 aromatic rings. The van der Waals surface area contributed by atoms with Gasteiger partial charge in [0, 0.05) is 11.4 Å². The van der Waals surface area contributed by atoms with Crippen molar-refractivity contribution >= 4 is 29.3 Å². The molecule has 0 aliphatic heterocycles. The molecule has 0 unspecified atom stereocenters. The van der Waals surface area contributed by atoms with E-state index in [0.29, 0.717) is 17.1 Å². The lowest BCUT2D eigenvalue weighted by Crippen LogP contribution is -2.27. The first-order valence-corrected chi connectivity index (χ1v) is 8.38. The third kappa shape index (κ3) is 4.26. The van der Waals surface area contributed by atoms with Gasteiger partial charge in [0.2, 0.25) is 0 Å². The summed E-state index contributed by atoms with van der Waals surface area (Å²) in [4.78, 5) is 13.3. The second-order valence-electron chi connectivity index (χ2n) is 4.87. The Labute approximate surface area is 134 Å². The molecule has 0 radical (unpaired) electrons. The highest BCUT2D eigenvalue weighted by Crippen LogP contribution is 2.23. The number of halogens is 1. The molecule has 21 heavy (non-hydrogen) atoms. The maximum atomic E-state index is 12.3. The van der Waals surface area contributed by atoms with Gasteiger partial charge in [-0.3, -0.25) is 4.79 Å². The van der Waals surface area contributed by atoms with Crippen LogP contribution in [0, 0.1) is 0 Å². The van der Waals surface area contributed by atoms with Crippen LogP contribution in [0.5, 0.6) is 0 Å². The van der Waals surface area contributed by atoms with Crippen LogP contribution in [0.1, 0.15) is 28.8 Å². The monoisotopic (exact) mass is 319 g/mol. The van der Waals surface area contributed by atoms with Crippen molar-refractivity contribution in [3.63, 3.8) is 0 Å². The largest absolute Gasteiger partial charge is 0.351 e. The highest BCUT2D eigenvalue weighted by atomic mass is 35.5. The number of hydrogen-bond acceptors (Lipinski definition) is 2. The molecule has 1 atom stereocenters. The predicted molar refractivity (Wildman–Crippen MR) is 90.4 cm³/mol. The first kappa shape index (κ1) is 15.9. The van der Waals surface area contributed by atoms with Crippen LogP contribution in [0.4, 0.5) is 0 Å². The Kier molecular flexibility index (Phi) is 5.71. The minimum absolute atomic E-state index is 0.126. The number of carbonyl (C=O) groups excluding carboxylic acids is 1. The van der Waals surface area contributed by atoms with Crippen molar-refractivity contribution in [3.05, 3.63) is 64.7 Å². The van der Waals surface area contributed by atoms with Gasteiger partial charge >= 0.3 is 0 Å². The second-order valence-corrected chi connectivity index (χ2v) is 6.15. The van der Waals surface area contributed by atoms with E-state index in [1.807, 2.05) is 36.6 Å². The van der Waals surface area contributed by atoms with Crippen molar-refractivity contribution in [2.45, 2.75) is 17.7 Å². The summed E-state index contributed by atoms with van der Waals surface area (Å²) in [6.45, 7) is 2.68. The highest BCUT2D eigenvalue weighted by molar-refractivity contribution is 7.98. The van der Waals surface area contributed by atoms with E-state index in [-0.39, 0.29) is 11.8 Å². The minimum atomic E-state index is -0.126. The summed E-state index contributed by atoms with van der Waals surface area (Å²) in [5.74, 6) is 0.135. The molecule has 0 bridgehead atoms. The standard InChI is InChI=1S/C17H18ClNOS/c1-12(13-6-4-3-5-7-13)11-19-17(20)15-10-14(21-2)8-9-16(15)18/h3-10,12H,11H2,1-2H3,(H,19,20)/t12-/m0/s1. The molecule has 0 saturated heterocycles. The molecule has 0 aromatic heterocycles. The highest BCUT2D eigenvalue weighted by Gasteiger charge is 2.13. The summed E-state index contributed by atoms with van der Waals surface area (Å²) in [6.07, 6.45) is 1.97. The fourth-order valence-corrected chi connectivity index (χ4v) is 2.69. The van der Waals surface area contributed by atoms with Crippen LogP contribution < -0.4 is 5.32 Å². The van der Waals surface area contributed by atoms with Gasteiger partial charge in [-0.25, -0.2) is 0 Å². The third-order valence-corrected chi connectivity index (χ3v) is 4.41. The quantitative estimate of drug-likeness (QED) is 0.816. The van der Waals surface area contributed by atoms with E-state index >= 15 is 0 Å². The molecule has 0 aliphatic rings. The smallest absolute Gasteiger partial charge is 0.252 e. The lowest BCUT2D eigenvalue weighted by atomic mass is 10.0. The van der Waals surface area contributed by atoms with Crippen molar-refractivity contribution in [3.8, 4) is 0 Å². The molecule has 2 nitrogen and oxygen atoms in total. The summed E-state index contributed by atoms with van der Waals surface area (Å²) in [7, 11) is 0. The Morgan fingerprint density at radius 1 is 1.24 bits per heavy atom. The summed E-state index contributed by atoms with van der Waals surface area (Å²) < 4.78 is 0. The van der Waals surface area contributed by atoms with E-state index in [1.54, 1.807) is 17.8 Å². The van der Waals surface area contributed by atoms with E-state index < -0.39 is 0 Å². The number of thioether (sulfide) groups is 1. The Bertz CT molecular complexity index is 615. The average Bonchev–Trinajstić information content (AvgIpc) is 2.53. The predicted octanol–water partition coefficient (Wildman–Crippen LogP) is 4.60. The molecule has 0 heterocycles. The van der Waals surface area contributed by atoms with Crippen molar-refractivity contribution < 1.29 is 4.79 Å². The van der Waals surface area contributed by atoms with Crippen molar-refractivity contribution in [2.75, 3.05) is 12.8 Å². The van der Waals surface area contributed by atoms with Crippen LogP contribution >= 0.6 is 23.4 Å². The molecule has 0 saturated carbocycles. The van der Waals surface area contributed by atoms with Gasteiger partial charge in [0.15, 0.2) is 0 Å². The van der Waals surface area contributed by atoms with Crippen LogP contribution in [0.15, 0.2) is 53.4 Å². The molecule has 2 rings (SSSR count). The van der Waals surface area contributed by atoms with Gasteiger partial charge in [-0.1, -0.05) is 48.9 Å². The van der Waals surface area contributed by atoms with Gasteiger partial charge in [-0.15, -0.1) is 11.8 Å². The van der Waals surface area contributed by atoms with Gasteiger partial charge in [0.1, 0.15) is 0 Å². The molecule has 2 aromatic carbocycles. The normalized spacial score (nSPS) is 12.0. The Morgan fingerprint density at radius 2 is 1.95 bits per heavy atom. The average molecular weight is 320 g/mol. The zero-order chi connectivity index (χ0) is 15.2. The summed E-state index contributed by atoms with van der Waals surface area (Å²) in [5, 5.41) is 3.44. The van der Waals surface area contributed by atoms with Crippen molar-refractivity contribution in [1.29, 1.82) is 0 Å². The zero-order valence-corrected chi connectivity index (χ0v) is 13.7. The van der Waals surface area contributed by atoms with Gasteiger partial charge in [-0.05, 0) is 35.9 Å². The van der Waals surface area contributed by atoms with Gasteiger partial charge < -0.3 is 5.32 Å². The maximum absolute atomic E-state index is 12.3. The molecule has 110 valence electrons. The SMILES string of the molecule is CSc1ccc(Cl)c(C(=O)NC[C@H](C)c2ccccc2)c1. The van der Waals surface area contributed by atoms with Crippen LogP contribution in [-0.4, -0.2) is 18.7 Å². The molecule has 1 N–H and O–H groups in total. The lowest BCUT2D eigenvalue weighted by molar-refractivity contribution is 0.0951. The van der Waals surface area contributed by atoms with E-state index in [9.17, 15) is 4.79 Å². The molecular formula is C17H18ClNOS. The summed E-state index contributed by atoms with van der Waals surface area (Å²) >= 11 is 7.70. The molecule has 0 aliphatic carbocycles. The maximum Gasteiger partial charge on any atom is 0.252 e. The van der Waals surface area contributed by atoms with Gasteiger partial charge in [0.05, 0.1) is 10.6 Å². The number of benzene rings is 2. The van der Waals surface area contributed by atoms with Gasteiger partial charge in [0.25, 0.3) is 5.91 Å². The third-order valence-electron chi connectivity index (χ3n) is 3.36. The molecule has 1 amide bonds. The summed E-state index contributed by atoms with van der Waals surface area (Å²) in [5.41, 5.74) is 1.74. The fraction of sp³-hybridized carbons (Fsp3) is 0.235. The van der Waals surface area contributed by atoms with E-state index in [4.69, 9.17) is 11.6 Å². The first-order valence-electron chi connectivity index (χ1n) is 6.78. The second kappa shape index (κ2) is 7.53. The number of hydrogen-bond donors (Lipinski definition) is 1.